The van der Waals surface area contributed by atoms with Crippen LogP contribution in [0.25, 0.3) is 0 Å². The number of allylic oxidation sites excluding steroid dienone is 2. The van der Waals surface area contributed by atoms with Gasteiger partial charge in [0.15, 0.2) is 0 Å². The van der Waals surface area contributed by atoms with Gasteiger partial charge in [-0.1, -0.05) is 59.4 Å². The molecule has 0 aromatic heterocycles. The standard InChI is InChI=1S/C18H31OSi/c1-12-10-14-8-9-16(19-20-7)13(2)18(14,6)11-15(12)17(3,4)5/h10,12-13,15-16H,7-9,11H2,1-6H3. The fourth-order valence-corrected chi connectivity index (χ4v) is 5.10. The van der Waals surface area contributed by atoms with Crippen LogP contribution in [0.5, 0.6) is 0 Å². The molecule has 2 aliphatic carbocycles. The molecular formula is C18H31OSi. The summed E-state index contributed by atoms with van der Waals surface area (Å²) < 4.78 is 5.95. The molecule has 1 saturated carbocycles. The predicted molar refractivity (Wildman–Crippen MR) is 89.1 cm³/mol. The van der Waals surface area contributed by atoms with E-state index in [0.717, 1.165) is 5.92 Å². The highest BCUT2D eigenvalue weighted by Crippen LogP contribution is 2.56. The number of rotatable bonds is 2. The molecule has 0 aromatic rings. The molecule has 2 heteroatoms. The zero-order chi connectivity index (χ0) is 15.1. The summed E-state index contributed by atoms with van der Waals surface area (Å²) >= 11 is 0. The zero-order valence-electron chi connectivity index (χ0n) is 14.1. The maximum absolute atomic E-state index is 5.95. The van der Waals surface area contributed by atoms with Gasteiger partial charge in [-0.3, -0.25) is 0 Å². The lowest BCUT2D eigenvalue weighted by molar-refractivity contribution is 0.00261. The fraction of sp³-hybridized carbons (Fsp3) is 0.833. The van der Waals surface area contributed by atoms with Gasteiger partial charge in [-0.25, -0.2) is 0 Å². The number of hydrogen-bond donors (Lipinski definition) is 0. The van der Waals surface area contributed by atoms with Gasteiger partial charge in [0.1, 0.15) is 0 Å². The minimum absolute atomic E-state index is 0.326. The van der Waals surface area contributed by atoms with Crippen molar-refractivity contribution in [1.82, 2.24) is 0 Å². The molecule has 0 aliphatic heterocycles. The largest absolute Gasteiger partial charge is 0.545 e. The normalized spacial score (nSPS) is 41.6. The summed E-state index contributed by atoms with van der Waals surface area (Å²) in [5.41, 5.74) is 2.41. The van der Waals surface area contributed by atoms with Crippen molar-refractivity contribution in [3.63, 3.8) is 0 Å². The Balaban J connectivity index is 2.32. The van der Waals surface area contributed by atoms with E-state index in [1.54, 1.807) is 5.57 Å². The summed E-state index contributed by atoms with van der Waals surface area (Å²) in [6, 6.07) is 0. The van der Waals surface area contributed by atoms with Crippen LogP contribution in [0, 0.1) is 28.6 Å². The Kier molecular flexibility index (Phi) is 4.35. The fourth-order valence-electron chi connectivity index (χ4n) is 4.57. The third-order valence-electron chi connectivity index (χ3n) is 6.08. The van der Waals surface area contributed by atoms with Crippen LogP contribution in [-0.2, 0) is 4.43 Å². The smallest absolute Gasteiger partial charge is 0.273 e. The van der Waals surface area contributed by atoms with Crippen molar-refractivity contribution in [2.45, 2.75) is 66.9 Å². The van der Waals surface area contributed by atoms with Gasteiger partial charge in [0.2, 0.25) is 0 Å². The number of hydrogen-bond acceptors (Lipinski definition) is 1. The van der Waals surface area contributed by atoms with Gasteiger partial charge >= 0.3 is 0 Å². The Bertz CT molecular complexity index is 406. The average molecular weight is 292 g/mol. The lowest BCUT2D eigenvalue weighted by Gasteiger charge is -2.53. The van der Waals surface area contributed by atoms with Gasteiger partial charge in [0.05, 0.1) is 6.10 Å². The summed E-state index contributed by atoms with van der Waals surface area (Å²) in [6.45, 7) is 14.5. The third-order valence-corrected chi connectivity index (χ3v) is 6.55. The van der Waals surface area contributed by atoms with E-state index in [1.165, 1.54) is 19.3 Å². The molecule has 1 radical (unpaired) electrons. The first-order valence-corrected chi connectivity index (χ1v) is 9.20. The molecule has 0 bridgehead atoms. The lowest BCUT2D eigenvalue weighted by atomic mass is 9.53. The summed E-state index contributed by atoms with van der Waals surface area (Å²) in [6.07, 6.45) is 10.6. The Hall–Kier alpha value is -0.373. The zero-order valence-corrected chi connectivity index (χ0v) is 15.1. The third kappa shape index (κ3) is 2.68. The van der Waals surface area contributed by atoms with Gasteiger partial charge in [-0.2, -0.15) is 0 Å². The predicted octanol–water partition coefficient (Wildman–Crippen LogP) is 4.49. The molecule has 2 aliphatic rings. The topological polar surface area (TPSA) is 9.23 Å². The molecule has 2 rings (SSSR count). The molecule has 113 valence electrons. The van der Waals surface area contributed by atoms with E-state index < -0.39 is 0 Å². The van der Waals surface area contributed by atoms with Crippen molar-refractivity contribution < 1.29 is 4.43 Å². The van der Waals surface area contributed by atoms with Crippen LogP contribution in [0.15, 0.2) is 11.6 Å². The van der Waals surface area contributed by atoms with Crippen molar-refractivity contribution in [2.75, 3.05) is 0 Å². The summed E-state index contributed by atoms with van der Waals surface area (Å²) in [4.78, 5) is 0. The molecule has 20 heavy (non-hydrogen) atoms. The summed E-state index contributed by atoms with van der Waals surface area (Å²) in [5.74, 6) is 2.08. The van der Waals surface area contributed by atoms with Gasteiger partial charge in [-0.05, 0) is 41.9 Å². The summed E-state index contributed by atoms with van der Waals surface area (Å²) in [5, 5.41) is 0. The van der Waals surface area contributed by atoms with Crippen LogP contribution in [-0.4, -0.2) is 21.7 Å². The molecule has 0 N–H and O–H groups in total. The van der Waals surface area contributed by atoms with E-state index >= 15 is 0 Å². The van der Waals surface area contributed by atoms with Crippen molar-refractivity contribution in [2.24, 2.45) is 28.6 Å². The highest BCUT2D eigenvalue weighted by atomic mass is 28.2. The highest BCUT2D eigenvalue weighted by Gasteiger charge is 2.49. The second-order valence-electron chi connectivity index (χ2n) is 8.27. The van der Waals surface area contributed by atoms with E-state index in [4.69, 9.17) is 4.43 Å². The molecule has 0 amide bonds. The van der Waals surface area contributed by atoms with E-state index in [9.17, 15) is 0 Å². The van der Waals surface area contributed by atoms with Crippen LogP contribution >= 0.6 is 0 Å². The molecule has 0 aromatic carbocycles. The molecular weight excluding hydrogens is 260 g/mol. The van der Waals surface area contributed by atoms with Crippen molar-refractivity contribution in [3.8, 4) is 0 Å². The van der Waals surface area contributed by atoms with E-state index in [0.29, 0.717) is 38.1 Å². The lowest BCUT2D eigenvalue weighted by Crippen LogP contribution is -2.47. The summed E-state index contributed by atoms with van der Waals surface area (Å²) in [7, 11) is 0.371. The first-order valence-electron chi connectivity index (χ1n) is 8.09. The van der Waals surface area contributed by atoms with Crippen molar-refractivity contribution in [3.05, 3.63) is 11.6 Å². The first-order chi connectivity index (χ1) is 9.20. The van der Waals surface area contributed by atoms with Gasteiger partial charge in [0, 0.05) is 5.92 Å². The second-order valence-corrected chi connectivity index (χ2v) is 8.80. The molecule has 1 fully saturated rings. The molecule has 0 saturated heterocycles. The van der Waals surface area contributed by atoms with E-state index in [2.05, 4.69) is 53.8 Å². The van der Waals surface area contributed by atoms with Crippen LogP contribution < -0.4 is 0 Å². The van der Waals surface area contributed by atoms with Crippen molar-refractivity contribution in [1.29, 1.82) is 0 Å². The van der Waals surface area contributed by atoms with Gasteiger partial charge < -0.3 is 4.43 Å². The quantitative estimate of drug-likeness (QED) is 0.538. The molecule has 0 heterocycles. The van der Waals surface area contributed by atoms with Crippen LogP contribution in [0.4, 0.5) is 0 Å². The monoisotopic (exact) mass is 291 g/mol. The Morgan fingerprint density at radius 3 is 2.55 bits per heavy atom. The number of fused-ring (bicyclic) bond motifs is 1. The Morgan fingerprint density at radius 1 is 1.35 bits per heavy atom. The van der Waals surface area contributed by atoms with Gasteiger partial charge in [0.25, 0.3) is 9.38 Å². The van der Waals surface area contributed by atoms with Crippen LogP contribution in [0.3, 0.4) is 0 Å². The Labute approximate surface area is 127 Å². The van der Waals surface area contributed by atoms with E-state index in [-0.39, 0.29) is 0 Å². The molecule has 0 spiro atoms. The first kappa shape index (κ1) is 16.0. The highest BCUT2D eigenvalue weighted by molar-refractivity contribution is 6.33. The molecule has 5 atom stereocenters. The van der Waals surface area contributed by atoms with Crippen LogP contribution in [0.2, 0.25) is 0 Å². The second kappa shape index (κ2) is 5.44. The average Bonchev–Trinajstić information content (AvgIpc) is 2.34. The molecule has 1 nitrogen and oxygen atoms in total. The van der Waals surface area contributed by atoms with Crippen LogP contribution in [0.1, 0.15) is 60.8 Å². The minimum atomic E-state index is 0.326. The molecule has 5 unspecified atom stereocenters. The van der Waals surface area contributed by atoms with Crippen molar-refractivity contribution >= 4 is 15.6 Å². The Morgan fingerprint density at radius 2 is 2.00 bits per heavy atom. The maximum atomic E-state index is 5.95. The maximum Gasteiger partial charge on any atom is 0.273 e. The van der Waals surface area contributed by atoms with Gasteiger partial charge in [-0.15, -0.1) is 0 Å². The van der Waals surface area contributed by atoms with E-state index in [1.807, 2.05) is 0 Å². The SMILES string of the molecule is C=[Si]OC1CCC2=CC(C)C(C(C)(C)C)CC2(C)C1C. The minimum Gasteiger partial charge on any atom is -0.545 e.